The second-order valence-electron chi connectivity index (χ2n) is 5.13. The van der Waals surface area contributed by atoms with E-state index in [1.807, 2.05) is 24.3 Å². The van der Waals surface area contributed by atoms with Gasteiger partial charge < -0.3 is 16.4 Å². The van der Waals surface area contributed by atoms with Crippen LogP contribution in [0.4, 0.5) is 0 Å². The van der Waals surface area contributed by atoms with Crippen molar-refractivity contribution in [1.29, 1.82) is 0 Å². The molecular weight excluding hydrogens is 338 g/mol. The zero-order valence-corrected chi connectivity index (χ0v) is 12.9. The van der Waals surface area contributed by atoms with Crippen LogP contribution in [0.5, 0.6) is 0 Å². The summed E-state index contributed by atoms with van der Waals surface area (Å²) in [6, 6.07) is 7.73. The molecule has 2 atom stereocenters. The van der Waals surface area contributed by atoms with Crippen molar-refractivity contribution >= 4 is 33.7 Å². The molecule has 1 fully saturated rings. The number of hydrogen-bond acceptors (Lipinski definition) is 3. The molecule has 1 saturated carbocycles. The standard InChI is InChI=1S/C14H16BrN3O3/c15-9-3-1-2-8(4-9)10-5-11(10)14(21)18(6-12(16)19)7-13(17)20/h1-4,10-11H,5-7H2,(H2,16,19)(H2,17,20). The van der Waals surface area contributed by atoms with Crippen molar-refractivity contribution in [3.63, 3.8) is 0 Å². The first-order valence-corrected chi connectivity index (χ1v) is 7.28. The summed E-state index contributed by atoms with van der Waals surface area (Å²) in [5.74, 6) is -1.69. The van der Waals surface area contributed by atoms with E-state index in [1.165, 1.54) is 0 Å². The minimum Gasteiger partial charge on any atom is -0.368 e. The van der Waals surface area contributed by atoms with Gasteiger partial charge >= 0.3 is 0 Å². The largest absolute Gasteiger partial charge is 0.368 e. The maximum Gasteiger partial charge on any atom is 0.237 e. The normalized spacial score (nSPS) is 19.9. The summed E-state index contributed by atoms with van der Waals surface area (Å²) in [6.45, 7) is -0.576. The third-order valence-electron chi connectivity index (χ3n) is 3.39. The molecule has 0 saturated heterocycles. The monoisotopic (exact) mass is 353 g/mol. The molecule has 0 aliphatic heterocycles. The van der Waals surface area contributed by atoms with Crippen LogP contribution in [-0.4, -0.2) is 35.7 Å². The van der Waals surface area contributed by atoms with E-state index < -0.39 is 11.8 Å². The highest BCUT2D eigenvalue weighted by atomic mass is 79.9. The van der Waals surface area contributed by atoms with Crippen molar-refractivity contribution in [2.75, 3.05) is 13.1 Å². The van der Waals surface area contributed by atoms with E-state index in [0.29, 0.717) is 6.42 Å². The number of primary amides is 2. The molecule has 0 bridgehead atoms. The highest BCUT2D eigenvalue weighted by Gasteiger charge is 2.46. The van der Waals surface area contributed by atoms with E-state index >= 15 is 0 Å². The summed E-state index contributed by atoms with van der Waals surface area (Å²) in [6.07, 6.45) is 0.698. The lowest BCUT2D eigenvalue weighted by molar-refractivity contribution is -0.139. The highest BCUT2D eigenvalue weighted by molar-refractivity contribution is 9.10. The Morgan fingerprint density at radius 1 is 1.19 bits per heavy atom. The summed E-state index contributed by atoms with van der Waals surface area (Å²) in [5.41, 5.74) is 11.3. The molecule has 0 spiro atoms. The lowest BCUT2D eigenvalue weighted by atomic mass is 10.1. The Bertz CT molecular complexity index is 575. The van der Waals surface area contributed by atoms with Gasteiger partial charge in [-0.25, -0.2) is 0 Å². The average Bonchev–Trinajstić information content (AvgIpc) is 3.16. The summed E-state index contributed by atoms with van der Waals surface area (Å²) in [7, 11) is 0. The van der Waals surface area contributed by atoms with Crippen LogP contribution in [0, 0.1) is 5.92 Å². The molecule has 6 nitrogen and oxygen atoms in total. The SMILES string of the molecule is NC(=O)CN(CC(N)=O)C(=O)C1CC1c1cccc(Br)c1. The molecule has 1 aromatic carbocycles. The van der Waals surface area contributed by atoms with Crippen LogP contribution < -0.4 is 11.5 Å². The van der Waals surface area contributed by atoms with Crippen molar-refractivity contribution in [1.82, 2.24) is 4.90 Å². The number of halogens is 1. The van der Waals surface area contributed by atoms with Gasteiger partial charge in [0.25, 0.3) is 0 Å². The van der Waals surface area contributed by atoms with Crippen LogP contribution in [0.3, 0.4) is 0 Å². The number of benzene rings is 1. The third kappa shape index (κ3) is 4.04. The number of nitrogens with zero attached hydrogens (tertiary/aromatic N) is 1. The van der Waals surface area contributed by atoms with Crippen LogP contribution in [0.15, 0.2) is 28.7 Å². The molecule has 1 aromatic rings. The smallest absolute Gasteiger partial charge is 0.237 e. The lowest BCUT2D eigenvalue weighted by Crippen LogP contribution is -2.44. The molecule has 1 aliphatic carbocycles. The molecule has 4 N–H and O–H groups in total. The van der Waals surface area contributed by atoms with Crippen molar-refractivity contribution in [2.45, 2.75) is 12.3 Å². The quantitative estimate of drug-likeness (QED) is 0.770. The van der Waals surface area contributed by atoms with Gasteiger partial charge in [-0.2, -0.15) is 0 Å². The molecule has 3 amide bonds. The molecule has 2 rings (SSSR count). The predicted octanol–water partition coefficient (Wildman–Crippen LogP) is 0.352. The molecule has 0 aromatic heterocycles. The summed E-state index contributed by atoms with van der Waals surface area (Å²) in [5, 5.41) is 0. The second kappa shape index (κ2) is 6.26. The minimum atomic E-state index is -0.663. The van der Waals surface area contributed by atoms with Gasteiger partial charge in [-0.05, 0) is 30.0 Å². The fourth-order valence-corrected chi connectivity index (χ4v) is 2.81. The Balaban J connectivity index is 2.05. The number of amides is 3. The van der Waals surface area contributed by atoms with Crippen LogP contribution in [0.25, 0.3) is 0 Å². The molecule has 0 radical (unpaired) electrons. The van der Waals surface area contributed by atoms with Crippen molar-refractivity contribution in [3.8, 4) is 0 Å². The van der Waals surface area contributed by atoms with E-state index in [-0.39, 0.29) is 30.8 Å². The van der Waals surface area contributed by atoms with Gasteiger partial charge in [-0.1, -0.05) is 28.1 Å². The topological polar surface area (TPSA) is 106 Å². The molecule has 2 unspecified atom stereocenters. The molecule has 1 aliphatic rings. The third-order valence-corrected chi connectivity index (χ3v) is 3.88. The molecule has 0 heterocycles. The molecule has 21 heavy (non-hydrogen) atoms. The maximum atomic E-state index is 12.3. The summed E-state index contributed by atoms with van der Waals surface area (Å²) in [4.78, 5) is 35.5. The zero-order chi connectivity index (χ0) is 15.6. The van der Waals surface area contributed by atoms with Crippen molar-refractivity contribution < 1.29 is 14.4 Å². The first-order chi connectivity index (χ1) is 9.88. The van der Waals surface area contributed by atoms with Gasteiger partial charge in [0, 0.05) is 10.4 Å². The van der Waals surface area contributed by atoms with E-state index in [9.17, 15) is 14.4 Å². The predicted molar refractivity (Wildman–Crippen MR) is 80.0 cm³/mol. The Kier molecular flexibility index (Phi) is 4.62. The van der Waals surface area contributed by atoms with E-state index in [2.05, 4.69) is 15.9 Å². The van der Waals surface area contributed by atoms with Crippen molar-refractivity contribution in [2.24, 2.45) is 17.4 Å². The van der Waals surface area contributed by atoms with Gasteiger partial charge in [0.15, 0.2) is 0 Å². The number of rotatable bonds is 6. The van der Waals surface area contributed by atoms with Crippen LogP contribution in [0.2, 0.25) is 0 Å². The average molecular weight is 354 g/mol. The van der Waals surface area contributed by atoms with Gasteiger partial charge in [0.2, 0.25) is 17.7 Å². The molecule has 7 heteroatoms. The summed E-state index contributed by atoms with van der Waals surface area (Å²) >= 11 is 3.39. The fourth-order valence-electron chi connectivity index (χ4n) is 2.40. The van der Waals surface area contributed by atoms with Gasteiger partial charge in [0.05, 0.1) is 13.1 Å². The number of carbonyl (C=O) groups excluding carboxylic acids is 3. The maximum absolute atomic E-state index is 12.3. The zero-order valence-electron chi connectivity index (χ0n) is 11.3. The molecule has 112 valence electrons. The Morgan fingerprint density at radius 2 is 1.81 bits per heavy atom. The van der Waals surface area contributed by atoms with Crippen LogP contribution in [0.1, 0.15) is 17.9 Å². The number of nitrogens with two attached hydrogens (primary N) is 2. The second-order valence-corrected chi connectivity index (χ2v) is 6.05. The van der Waals surface area contributed by atoms with E-state index in [4.69, 9.17) is 11.5 Å². The van der Waals surface area contributed by atoms with Gasteiger partial charge in [-0.3, -0.25) is 14.4 Å². The fraction of sp³-hybridized carbons (Fsp3) is 0.357. The first kappa shape index (κ1) is 15.5. The Hall–Kier alpha value is -1.89. The van der Waals surface area contributed by atoms with E-state index in [1.54, 1.807) is 0 Å². The minimum absolute atomic E-state index is 0.109. The Morgan fingerprint density at radius 3 is 2.33 bits per heavy atom. The number of hydrogen-bond donors (Lipinski definition) is 2. The first-order valence-electron chi connectivity index (χ1n) is 6.49. The summed E-state index contributed by atoms with van der Waals surface area (Å²) < 4.78 is 0.948. The van der Waals surface area contributed by atoms with Crippen LogP contribution >= 0.6 is 15.9 Å². The van der Waals surface area contributed by atoms with Gasteiger partial charge in [-0.15, -0.1) is 0 Å². The van der Waals surface area contributed by atoms with Crippen molar-refractivity contribution in [3.05, 3.63) is 34.3 Å². The molecular formula is C14H16BrN3O3. The van der Waals surface area contributed by atoms with Crippen LogP contribution in [-0.2, 0) is 14.4 Å². The Labute approximate surface area is 130 Å². The van der Waals surface area contributed by atoms with Gasteiger partial charge in [0.1, 0.15) is 0 Å². The van der Waals surface area contributed by atoms with E-state index in [0.717, 1.165) is 14.9 Å². The lowest BCUT2D eigenvalue weighted by Gasteiger charge is -2.19. The highest BCUT2D eigenvalue weighted by Crippen LogP contribution is 2.48. The number of carbonyl (C=O) groups is 3.